The molecule has 1 N–H and O–H groups in total. The fourth-order valence-electron chi connectivity index (χ4n) is 1.54. The molecule has 102 valence electrons. The molecule has 0 spiro atoms. The van der Waals surface area contributed by atoms with Crippen molar-refractivity contribution < 1.29 is 4.79 Å². The van der Waals surface area contributed by atoms with Gasteiger partial charge in [-0.05, 0) is 36.4 Å². The van der Waals surface area contributed by atoms with Gasteiger partial charge in [0.05, 0.1) is 10.0 Å². The summed E-state index contributed by atoms with van der Waals surface area (Å²) in [6.07, 6.45) is 2.97. The number of carbonyl (C=O) groups is 1. The number of hydrogen-bond acceptors (Lipinski definition) is 2. The van der Waals surface area contributed by atoms with Crippen LogP contribution in [0, 0.1) is 0 Å². The van der Waals surface area contributed by atoms with E-state index < -0.39 is 0 Å². The van der Waals surface area contributed by atoms with Crippen LogP contribution in [0.15, 0.2) is 54.7 Å². The van der Waals surface area contributed by atoms with E-state index in [0.29, 0.717) is 20.6 Å². The zero-order chi connectivity index (χ0) is 14.5. The van der Waals surface area contributed by atoms with Gasteiger partial charge in [-0.3, -0.25) is 4.79 Å². The van der Waals surface area contributed by atoms with Crippen LogP contribution in [-0.2, 0) is 0 Å². The van der Waals surface area contributed by atoms with Crippen molar-refractivity contribution in [3.63, 3.8) is 0 Å². The van der Waals surface area contributed by atoms with E-state index in [9.17, 15) is 4.79 Å². The minimum absolute atomic E-state index is 0.168. The van der Waals surface area contributed by atoms with Crippen LogP contribution in [-0.4, -0.2) is 5.78 Å². The van der Waals surface area contributed by atoms with E-state index in [-0.39, 0.29) is 5.78 Å². The monoisotopic (exact) mass is 325 g/mol. The molecule has 0 saturated carbocycles. The van der Waals surface area contributed by atoms with Gasteiger partial charge in [0.25, 0.3) is 0 Å². The molecule has 5 heteroatoms. The Morgan fingerprint density at radius 3 is 2.50 bits per heavy atom. The van der Waals surface area contributed by atoms with Gasteiger partial charge in [0, 0.05) is 28.5 Å². The van der Waals surface area contributed by atoms with Crippen LogP contribution in [0.2, 0.25) is 15.1 Å². The van der Waals surface area contributed by atoms with Gasteiger partial charge in [0.2, 0.25) is 0 Å². The molecule has 0 aliphatic rings. The summed E-state index contributed by atoms with van der Waals surface area (Å²) in [6.45, 7) is 0. The second-order valence-electron chi connectivity index (χ2n) is 3.98. The third-order valence-electron chi connectivity index (χ3n) is 2.51. The third kappa shape index (κ3) is 4.01. The first-order valence-electron chi connectivity index (χ1n) is 5.74. The quantitative estimate of drug-likeness (QED) is 0.597. The molecule has 0 bridgehead atoms. The van der Waals surface area contributed by atoms with Crippen molar-refractivity contribution >= 4 is 46.3 Å². The second-order valence-corrected chi connectivity index (χ2v) is 5.23. The standard InChI is InChI=1S/C15H10Cl3NO/c16-11-2-1-3-12(9-11)19-7-6-15(20)10-4-5-13(17)14(18)8-10/h1-9,19H/b7-6-. The van der Waals surface area contributed by atoms with Crippen LogP contribution < -0.4 is 5.32 Å². The molecule has 2 aromatic rings. The Kier molecular flexibility index (Phi) is 5.07. The Morgan fingerprint density at radius 1 is 1.00 bits per heavy atom. The molecule has 2 aromatic carbocycles. The highest BCUT2D eigenvalue weighted by atomic mass is 35.5. The second kappa shape index (κ2) is 6.80. The highest BCUT2D eigenvalue weighted by Crippen LogP contribution is 2.23. The van der Waals surface area contributed by atoms with Crippen molar-refractivity contribution in [1.82, 2.24) is 0 Å². The van der Waals surface area contributed by atoms with E-state index in [1.165, 1.54) is 12.1 Å². The Bertz CT molecular complexity index is 668. The molecule has 0 radical (unpaired) electrons. The van der Waals surface area contributed by atoms with Crippen LogP contribution >= 0.6 is 34.8 Å². The van der Waals surface area contributed by atoms with Crippen LogP contribution in [0.5, 0.6) is 0 Å². The minimum Gasteiger partial charge on any atom is -0.362 e. The van der Waals surface area contributed by atoms with Gasteiger partial charge < -0.3 is 5.32 Å². The average molecular weight is 327 g/mol. The zero-order valence-corrected chi connectivity index (χ0v) is 12.5. The van der Waals surface area contributed by atoms with Gasteiger partial charge in [-0.2, -0.15) is 0 Å². The predicted octanol–water partition coefficient (Wildman–Crippen LogP) is 5.46. The number of ketones is 1. The first kappa shape index (κ1) is 14.9. The molecular weight excluding hydrogens is 317 g/mol. The van der Waals surface area contributed by atoms with E-state index in [1.54, 1.807) is 30.5 Å². The van der Waals surface area contributed by atoms with E-state index in [0.717, 1.165) is 5.69 Å². The summed E-state index contributed by atoms with van der Waals surface area (Å²) in [5.41, 5.74) is 1.28. The van der Waals surface area contributed by atoms with Crippen molar-refractivity contribution in [3.05, 3.63) is 75.4 Å². The molecule has 0 atom stereocenters. The SMILES string of the molecule is O=C(/C=C\Nc1cccc(Cl)c1)c1ccc(Cl)c(Cl)c1. The van der Waals surface area contributed by atoms with Gasteiger partial charge in [-0.1, -0.05) is 40.9 Å². The van der Waals surface area contributed by atoms with Crippen molar-refractivity contribution in [2.45, 2.75) is 0 Å². The minimum atomic E-state index is -0.168. The fraction of sp³-hybridized carbons (Fsp3) is 0. The Labute approximate surface area is 132 Å². The maximum atomic E-state index is 11.9. The number of halogens is 3. The van der Waals surface area contributed by atoms with Crippen molar-refractivity contribution in [2.75, 3.05) is 5.32 Å². The van der Waals surface area contributed by atoms with E-state index >= 15 is 0 Å². The molecule has 0 fully saturated rings. The number of allylic oxidation sites excluding steroid dienone is 1. The van der Waals surface area contributed by atoms with Gasteiger partial charge >= 0.3 is 0 Å². The van der Waals surface area contributed by atoms with E-state index in [2.05, 4.69) is 5.32 Å². The summed E-state index contributed by atoms with van der Waals surface area (Å²) in [5, 5.41) is 4.37. The molecule has 0 amide bonds. The number of carbonyl (C=O) groups excluding carboxylic acids is 1. The summed E-state index contributed by atoms with van der Waals surface area (Å²) in [7, 11) is 0. The lowest BCUT2D eigenvalue weighted by atomic mass is 10.1. The normalized spacial score (nSPS) is 10.8. The highest BCUT2D eigenvalue weighted by molar-refractivity contribution is 6.42. The number of hydrogen-bond donors (Lipinski definition) is 1. The van der Waals surface area contributed by atoms with E-state index in [4.69, 9.17) is 34.8 Å². The molecule has 0 saturated heterocycles. The number of nitrogens with one attached hydrogen (secondary N) is 1. The van der Waals surface area contributed by atoms with Crippen molar-refractivity contribution in [3.8, 4) is 0 Å². The molecule has 2 rings (SSSR count). The van der Waals surface area contributed by atoms with Crippen molar-refractivity contribution in [2.24, 2.45) is 0 Å². The maximum absolute atomic E-state index is 11.9. The molecular formula is C15H10Cl3NO. The lowest BCUT2D eigenvalue weighted by Crippen LogP contribution is -1.96. The van der Waals surface area contributed by atoms with Gasteiger partial charge in [-0.15, -0.1) is 0 Å². The van der Waals surface area contributed by atoms with Crippen LogP contribution in [0.25, 0.3) is 0 Å². The van der Waals surface area contributed by atoms with Crippen LogP contribution in [0.4, 0.5) is 5.69 Å². The van der Waals surface area contributed by atoms with E-state index in [1.807, 2.05) is 12.1 Å². The molecule has 2 nitrogen and oxygen atoms in total. The molecule has 0 unspecified atom stereocenters. The lowest BCUT2D eigenvalue weighted by Gasteiger charge is -2.01. The van der Waals surface area contributed by atoms with Crippen LogP contribution in [0.3, 0.4) is 0 Å². The van der Waals surface area contributed by atoms with Gasteiger partial charge in [-0.25, -0.2) is 0 Å². The Hall–Kier alpha value is -1.48. The predicted molar refractivity (Wildman–Crippen MR) is 85.0 cm³/mol. The Morgan fingerprint density at radius 2 is 1.80 bits per heavy atom. The summed E-state index contributed by atoms with van der Waals surface area (Å²) in [6, 6.07) is 12.0. The number of benzene rings is 2. The smallest absolute Gasteiger partial charge is 0.187 e. The topological polar surface area (TPSA) is 29.1 Å². The fourth-order valence-corrected chi connectivity index (χ4v) is 2.03. The molecule has 0 aliphatic carbocycles. The first-order valence-corrected chi connectivity index (χ1v) is 6.88. The average Bonchev–Trinajstić information content (AvgIpc) is 2.42. The van der Waals surface area contributed by atoms with Gasteiger partial charge in [0.15, 0.2) is 5.78 Å². The summed E-state index contributed by atoms with van der Waals surface area (Å²) < 4.78 is 0. The zero-order valence-electron chi connectivity index (χ0n) is 10.2. The maximum Gasteiger partial charge on any atom is 0.187 e. The van der Waals surface area contributed by atoms with Crippen LogP contribution in [0.1, 0.15) is 10.4 Å². The molecule has 0 aliphatic heterocycles. The first-order chi connectivity index (χ1) is 9.56. The van der Waals surface area contributed by atoms with Crippen molar-refractivity contribution in [1.29, 1.82) is 0 Å². The summed E-state index contributed by atoms with van der Waals surface area (Å²) in [5.74, 6) is -0.168. The molecule has 0 heterocycles. The summed E-state index contributed by atoms with van der Waals surface area (Å²) >= 11 is 17.5. The lowest BCUT2D eigenvalue weighted by molar-refractivity contribution is 0.104. The largest absolute Gasteiger partial charge is 0.362 e. The highest BCUT2D eigenvalue weighted by Gasteiger charge is 2.04. The molecule has 0 aromatic heterocycles. The molecule has 20 heavy (non-hydrogen) atoms. The third-order valence-corrected chi connectivity index (χ3v) is 3.49. The number of anilines is 1. The summed E-state index contributed by atoms with van der Waals surface area (Å²) in [4.78, 5) is 11.9. The van der Waals surface area contributed by atoms with Gasteiger partial charge in [0.1, 0.15) is 0 Å². The number of rotatable bonds is 4. The Balaban J connectivity index is 2.04.